The third kappa shape index (κ3) is 3.64. The Morgan fingerprint density at radius 1 is 1.20 bits per heavy atom. The summed E-state index contributed by atoms with van der Waals surface area (Å²) in [5, 5.41) is 0. The van der Waals surface area contributed by atoms with Gasteiger partial charge in [-0.15, -0.1) is 0 Å². The standard InChI is InChI=1S/C14H27N/c1-6-7-14-9-12(4)8-13(5)15(10-14)11(2)3/h6-7,11-14H,8-10H2,1-5H3/b7-6-. The molecule has 0 N–H and O–H groups in total. The van der Waals surface area contributed by atoms with Crippen LogP contribution in [0.25, 0.3) is 0 Å². The molecule has 0 aromatic carbocycles. The van der Waals surface area contributed by atoms with Crippen molar-refractivity contribution in [3.05, 3.63) is 12.2 Å². The first kappa shape index (κ1) is 12.8. The molecule has 1 saturated heterocycles. The highest BCUT2D eigenvalue weighted by Crippen LogP contribution is 2.27. The summed E-state index contributed by atoms with van der Waals surface area (Å²) < 4.78 is 0. The summed E-state index contributed by atoms with van der Waals surface area (Å²) in [5.41, 5.74) is 0. The largest absolute Gasteiger partial charge is 0.298 e. The van der Waals surface area contributed by atoms with Gasteiger partial charge in [0.15, 0.2) is 0 Å². The second-order valence-corrected chi connectivity index (χ2v) is 5.50. The van der Waals surface area contributed by atoms with E-state index in [1.807, 2.05) is 0 Å². The fourth-order valence-corrected chi connectivity index (χ4v) is 2.99. The van der Waals surface area contributed by atoms with Crippen molar-refractivity contribution in [1.82, 2.24) is 4.90 Å². The van der Waals surface area contributed by atoms with Crippen LogP contribution in [-0.4, -0.2) is 23.5 Å². The molecule has 3 unspecified atom stereocenters. The summed E-state index contributed by atoms with van der Waals surface area (Å²) in [7, 11) is 0. The Kier molecular flexibility index (Phi) is 4.85. The Labute approximate surface area is 95.5 Å². The molecule has 1 rings (SSSR count). The van der Waals surface area contributed by atoms with Gasteiger partial charge in [0, 0.05) is 18.6 Å². The molecule has 15 heavy (non-hydrogen) atoms. The Bertz CT molecular complexity index is 207. The maximum absolute atomic E-state index is 2.66. The second-order valence-electron chi connectivity index (χ2n) is 5.50. The van der Waals surface area contributed by atoms with Crippen molar-refractivity contribution >= 4 is 0 Å². The molecule has 3 atom stereocenters. The molecule has 1 heterocycles. The average Bonchev–Trinajstić information content (AvgIpc) is 2.25. The van der Waals surface area contributed by atoms with Gasteiger partial charge in [0.1, 0.15) is 0 Å². The van der Waals surface area contributed by atoms with Crippen LogP contribution in [0.15, 0.2) is 12.2 Å². The van der Waals surface area contributed by atoms with E-state index in [4.69, 9.17) is 0 Å². The van der Waals surface area contributed by atoms with E-state index in [9.17, 15) is 0 Å². The molecule has 0 saturated carbocycles. The first-order chi connectivity index (χ1) is 7.04. The van der Waals surface area contributed by atoms with Crippen LogP contribution in [0.5, 0.6) is 0 Å². The number of rotatable bonds is 2. The van der Waals surface area contributed by atoms with Crippen molar-refractivity contribution in [1.29, 1.82) is 0 Å². The van der Waals surface area contributed by atoms with Crippen molar-refractivity contribution in [3.63, 3.8) is 0 Å². The molecular weight excluding hydrogens is 182 g/mol. The average molecular weight is 209 g/mol. The van der Waals surface area contributed by atoms with E-state index in [2.05, 4.69) is 51.7 Å². The van der Waals surface area contributed by atoms with Gasteiger partial charge in [0.05, 0.1) is 0 Å². The fraction of sp³-hybridized carbons (Fsp3) is 0.857. The molecule has 0 aliphatic carbocycles. The van der Waals surface area contributed by atoms with Gasteiger partial charge in [-0.25, -0.2) is 0 Å². The van der Waals surface area contributed by atoms with E-state index >= 15 is 0 Å². The Hall–Kier alpha value is -0.300. The molecule has 1 fully saturated rings. The number of likely N-dealkylation sites (tertiary alicyclic amines) is 1. The maximum Gasteiger partial charge on any atom is 0.00724 e. The van der Waals surface area contributed by atoms with Crippen LogP contribution in [-0.2, 0) is 0 Å². The minimum atomic E-state index is 0.679. The van der Waals surface area contributed by atoms with Gasteiger partial charge in [0.2, 0.25) is 0 Å². The molecule has 0 aromatic rings. The molecule has 1 aliphatic heterocycles. The van der Waals surface area contributed by atoms with E-state index in [-0.39, 0.29) is 0 Å². The molecule has 1 nitrogen and oxygen atoms in total. The highest BCUT2D eigenvalue weighted by molar-refractivity contribution is 4.92. The normalized spacial score (nSPS) is 34.9. The fourth-order valence-electron chi connectivity index (χ4n) is 2.99. The van der Waals surface area contributed by atoms with Gasteiger partial charge < -0.3 is 0 Å². The first-order valence-electron chi connectivity index (χ1n) is 6.43. The highest BCUT2D eigenvalue weighted by atomic mass is 15.2. The summed E-state index contributed by atoms with van der Waals surface area (Å²) in [4.78, 5) is 2.66. The molecule has 0 spiro atoms. The number of hydrogen-bond donors (Lipinski definition) is 0. The van der Waals surface area contributed by atoms with Crippen LogP contribution in [0.3, 0.4) is 0 Å². The first-order valence-corrected chi connectivity index (χ1v) is 6.43. The molecule has 0 bridgehead atoms. The van der Waals surface area contributed by atoms with Crippen LogP contribution in [0.1, 0.15) is 47.5 Å². The number of nitrogens with zero attached hydrogens (tertiary/aromatic N) is 1. The van der Waals surface area contributed by atoms with E-state index in [1.54, 1.807) is 0 Å². The minimum absolute atomic E-state index is 0.679. The third-order valence-corrected chi connectivity index (χ3v) is 3.59. The topological polar surface area (TPSA) is 3.24 Å². The molecular formula is C14H27N. The summed E-state index contributed by atoms with van der Waals surface area (Å²) in [6.45, 7) is 12.8. The lowest BCUT2D eigenvalue weighted by atomic mass is 9.94. The smallest absolute Gasteiger partial charge is 0.00724 e. The van der Waals surface area contributed by atoms with Crippen molar-refractivity contribution in [2.24, 2.45) is 11.8 Å². The van der Waals surface area contributed by atoms with Crippen LogP contribution >= 0.6 is 0 Å². The SMILES string of the molecule is C/C=C\C1CC(C)CC(C)N(C(C)C)C1. The summed E-state index contributed by atoms with van der Waals surface area (Å²) in [5.74, 6) is 1.63. The Morgan fingerprint density at radius 3 is 2.40 bits per heavy atom. The van der Waals surface area contributed by atoms with Crippen LogP contribution in [0.2, 0.25) is 0 Å². The van der Waals surface area contributed by atoms with E-state index in [0.717, 1.165) is 17.9 Å². The van der Waals surface area contributed by atoms with Crippen molar-refractivity contribution < 1.29 is 0 Å². The summed E-state index contributed by atoms with van der Waals surface area (Å²) in [6, 6.07) is 1.42. The van der Waals surface area contributed by atoms with Gasteiger partial charge in [-0.1, -0.05) is 19.1 Å². The van der Waals surface area contributed by atoms with Crippen molar-refractivity contribution in [2.45, 2.75) is 59.5 Å². The van der Waals surface area contributed by atoms with E-state index in [0.29, 0.717) is 6.04 Å². The third-order valence-electron chi connectivity index (χ3n) is 3.59. The van der Waals surface area contributed by atoms with Gasteiger partial charge in [-0.05, 0) is 52.4 Å². The lowest BCUT2D eigenvalue weighted by Gasteiger charge is -2.32. The predicted octanol–water partition coefficient (Wildman–Crippen LogP) is 3.71. The summed E-state index contributed by atoms with van der Waals surface area (Å²) in [6.07, 6.45) is 7.32. The van der Waals surface area contributed by atoms with Gasteiger partial charge in [-0.2, -0.15) is 0 Å². The molecule has 88 valence electrons. The van der Waals surface area contributed by atoms with Crippen LogP contribution in [0, 0.1) is 11.8 Å². The van der Waals surface area contributed by atoms with Gasteiger partial charge in [-0.3, -0.25) is 4.90 Å². The molecule has 1 aliphatic rings. The minimum Gasteiger partial charge on any atom is -0.298 e. The summed E-state index contributed by atoms with van der Waals surface area (Å²) >= 11 is 0. The second kappa shape index (κ2) is 5.69. The van der Waals surface area contributed by atoms with Gasteiger partial charge >= 0.3 is 0 Å². The highest BCUT2D eigenvalue weighted by Gasteiger charge is 2.26. The maximum atomic E-state index is 2.66. The Morgan fingerprint density at radius 2 is 1.87 bits per heavy atom. The van der Waals surface area contributed by atoms with E-state index in [1.165, 1.54) is 19.4 Å². The lowest BCUT2D eigenvalue weighted by molar-refractivity contribution is 0.154. The quantitative estimate of drug-likeness (QED) is 0.627. The van der Waals surface area contributed by atoms with Crippen LogP contribution in [0.4, 0.5) is 0 Å². The zero-order valence-corrected chi connectivity index (χ0v) is 11.0. The van der Waals surface area contributed by atoms with Crippen LogP contribution < -0.4 is 0 Å². The van der Waals surface area contributed by atoms with Gasteiger partial charge in [0.25, 0.3) is 0 Å². The molecule has 0 amide bonds. The number of hydrogen-bond acceptors (Lipinski definition) is 1. The monoisotopic (exact) mass is 209 g/mol. The molecule has 0 aromatic heterocycles. The Balaban J connectivity index is 2.72. The lowest BCUT2D eigenvalue weighted by Crippen LogP contribution is -2.40. The molecule has 1 heteroatoms. The van der Waals surface area contributed by atoms with E-state index < -0.39 is 0 Å². The van der Waals surface area contributed by atoms with Crippen molar-refractivity contribution in [2.75, 3.05) is 6.54 Å². The van der Waals surface area contributed by atoms with Crippen molar-refractivity contribution in [3.8, 4) is 0 Å². The number of allylic oxidation sites excluding steroid dienone is 1. The zero-order valence-electron chi connectivity index (χ0n) is 11.0. The zero-order chi connectivity index (χ0) is 11.4. The predicted molar refractivity (Wildman–Crippen MR) is 68.0 cm³/mol. The molecule has 0 radical (unpaired) electrons.